The maximum Gasteiger partial charge on any atom is 0.239 e. The highest BCUT2D eigenvalue weighted by Gasteiger charge is 2.29. The van der Waals surface area contributed by atoms with Crippen molar-refractivity contribution >= 4 is 17.6 Å². The van der Waals surface area contributed by atoms with E-state index >= 15 is 0 Å². The lowest BCUT2D eigenvalue weighted by molar-refractivity contribution is -0.137. The van der Waals surface area contributed by atoms with Crippen LogP contribution in [0.4, 0.5) is 5.82 Å². The lowest BCUT2D eigenvalue weighted by Gasteiger charge is -2.38. The van der Waals surface area contributed by atoms with Crippen molar-refractivity contribution in [3.05, 3.63) is 11.8 Å². The summed E-state index contributed by atoms with van der Waals surface area (Å²) in [5.41, 5.74) is 0. The Morgan fingerprint density at radius 2 is 1.78 bits per heavy atom. The Morgan fingerprint density at radius 3 is 2.37 bits per heavy atom. The summed E-state index contributed by atoms with van der Waals surface area (Å²) in [5.74, 6) is 1.28. The van der Waals surface area contributed by atoms with Crippen molar-refractivity contribution in [1.82, 2.24) is 19.9 Å². The molecule has 0 aliphatic carbocycles. The number of carbonyl (C=O) groups is 2. The Morgan fingerprint density at radius 1 is 1.11 bits per heavy atom. The number of carbonyl (C=O) groups excluding carboxylic acids is 2. The van der Waals surface area contributed by atoms with Crippen molar-refractivity contribution in [3.8, 4) is 0 Å². The van der Waals surface area contributed by atoms with Gasteiger partial charge in [-0.15, -0.1) is 0 Å². The SMILES string of the molecule is Cc1cc(NC(=O)CN2CCN(C(C)C(=O)N3CCCCCC3)CC2)no1. The van der Waals surface area contributed by atoms with Crippen LogP contribution < -0.4 is 5.32 Å². The third-order valence-electron chi connectivity index (χ3n) is 5.49. The first kappa shape index (κ1) is 19.8. The van der Waals surface area contributed by atoms with Gasteiger partial charge in [-0.2, -0.15) is 0 Å². The van der Waals surface area contributed by atoms with E-state index in [-0.39, 0.29) is 17.9 Å². The fourth-order valence-electron chi connectivity index (χ4n) is 3.83. The van der Waals surface area contributed by atoms with Crippen LogP contribution in [-0.4, -0.2) is 83.5 Å². The summed E-state index contributed by atoms with van der Waals surface area (Å²) in [6.07, 6.45) is 4.69. The molecular weight excluding hydrogens is 346 g/mol. The van der Waals surface area contributed by atoms with E-state index in [1.807, 2.05) is 11.8 Å². The molecule has 1 N–H and O–H groups in total. The van der Waals surface area contributed by atoms with E-state index in [9.17, 15) is 9.59 Å². The van der Waals surface area contributed by atoms with E-state index in [2.05, 4.69) is 20.3 Å². The van der Waals surface area contributed by atoms with Crippen LogP contribution in [0.25, 0.3) is 0 Å². The minimum absolute atomic E-state index is 0.0859. The number of anilines is 1. The van der Waals surface area contributed by atoms with Crippen LogP contribution >= 0.6 is 0 Å². The lowest BCUT2D eigenvalue weighted by Crippen LogP contribution is -2.55. The van der Waals surface area contributed by atoms with Gasteiger partial charge < -0.3 is 14.7 Å². The quantitative estimate of drug-likeness (QED) is 0.834. The standard InChI is InChI=1S/C19H31N5O3/c1-15-13-17(21-27-15)20-18(25)14-22-9-11-23(12-10-22)16(2)19(26)24-7-5-3-4-6-8-24/h13,16H,3-12,14H2,1-2H3,(H,20,21,25). The summed E-state index contributed by atoms with van der Waals surface area (Å²) in [4.78, 5) is 31.3. The average molecular weight is 377 g/mol. The second-order valence-corrected chi connectivity index (χ2v) is 7.60. The van der Waals surface area contributed by atoms with Crippen LogP contribution in [0, 0.1) is 6.92 Å². The van der Waals surface area contributed by atoms with Gasteiger partial charge in [0.05, 0.1) is 12.6 Å². The summed E-state index contributed by atoms with van der Waals surface area (Å²) in [6.45, 7) is 9.09. The number of hydrogen-bond donors (Lipinski definition) is 1. The Balaban J connectivity index is 1.42. The summed E-state index contributed by atoms with van der Waals surface area (Å²) in [7, 11) is 0. The van der Waals surface area contributed by atoms with Gasteiger partial charge in [0.15, 0.2) is 5.82 Å². The Hall–Kier alpha value is -1.93. The first-order valence-corrected chi connectivity index (χ1v) is 10.0. The number of aryl methyl sites for hydroxylation is 1. The van der Waals surface area contributed by atoms with Crippen molar-refractivity contribution in [3.63, 3.8) is 0 Å². The van der Waals surface area contributed by atoms with Crippen molar-refractivity contribution in [2.75, 3.05) is 51.1 Å². The van der Waals surface area contributed by atoms with Gasteiger partial charge in [-0.25, -0.2) is 0 Å². The molecule has 8 heteroatoms. The van der Waals surface area contributed by atoms with Gasteiger partial charge in [-0.05, 0) is 26.7 Å². The summed E-state index contributed by atoms with van der Waals surface area (Å²) in [6, 6.07) is 1.61. The fraction of sp³-hybridized carbons (Fsp3) is 0.737. The van der Waals surface area contributed by atoms with Crippen LogP contribution in [0.15, 0.2) is 10.6 Å². The maximum absolute atomic E-state index is 12.8. The first-order chi connectivity index (χ1) is 13.0. The maximum atomic E-state index is 12.8. The number of hydrogen-bond acceptors (Lipinski definition) is 6. The first-order valence-electron chi connectivity index (χ1n) is 10.0. The third-order valence-corrected chi connectivity index (χ3v) is 5.49. The van der Waals surface area contributed by atoms with Crippen molar-refractivity contribution < 1.29 is 14.1 Å². The van der Waals surface area contributed by atoms with Crippen molar-refractivity contribution in [2.24, 2.45) is 0 Å². The molecule has 1 atom stereocenters. The molecule has 1 unspecified atom stereocenters. The van der Waals surface area contributed by atoms with Crippen molar-refractivity contribution in [1.29, 1.82) is 0 Å². The molecule has 2 fully saturated rings. The Labute approximate surface area is 160 Å². The van der Waals surface area contributed by atoms with E-state index in [1.165, 1.54) is 12.8 Å². The zero-order chi connectivity index (χ0) is 19.2. The minimum atomic E-state index is -0.0922. The van der Waals surface area contributed by atoms with Gasteiger partial charge in [-0.3, -0.25) is 19.4 Å². The van der Waals surface area contributed by atoms with E-state index in [4.69, 9.17) is 4.52 Å². The lowest BCUT2D eigenvalue weighted by atomic mass is 10.2. The number of rotatable bonds is 5. The van der Waals surface area contributed by atoms with Crippen LogP contribution in [0.3, 0.4) is 0 Å². The van der Waals surface area contributed by atoms with Crippen LogP contribution in [0.1, 0.15) is 38.4 Å². The molecule has 0 radical (unpaired) electrons. The number of nitrogens with one attached hydrogen (secondary N) is 1. The molecule has 0 aromatic carbocycles. The molecule has 27 heavy (non-hydrogen) atoms. The zero-order valence-electron chi connectivity index (χ0n) is 16.4. The summed E-state index contributed by atoms with van der Waals surface area (Å²) >= 11 is 0. The second kappa shape index (κ2) is 9.32. The molecule has 0 saturated carbocycles. The summed E-state index contributed by atoms with van der Waals surface area (Å²) < 4.78 is 4.96. The molecule has 1 aromatic heterocycles. The predicted octanol–water partition coefficient (Wildman–Crippen LogP) is 1.33. The molecule has 2 amide bonds. The molecule has 2 saturated heterocycles. The molecule has 2 aliphatic rings. The molecule has 150 valence electrons. The van der Waals surface area contributed by atoms with Crippen molar-refractivity contribution in [2.45, 2.75) is 45.6 Å². The molecule has 2 aliphatic heterocycles. The predicted molar refractivity (Wildman–Crippen MR) is 102 cm³/mol. The van der Waals surface area contributed by atoms with Crippen LogP contribution in [0.5, 0.6) is 0 Å². The Bertz CT molecular complexity index is 631. The fourth-order valence-corrected chi connectivity index (χ4v) is 3.83. The zero-order valence-corrected chi connectivity index (χ0v) is 16.4. The number of amides is 2. The van der Waals surface area contributed by atoms with Gasteiger partial charge in [-0.1, -0.05) is 18.0 Å². The highest BCUT2D eigenvalue weighted by Crippen LogP contribution is 2.14. The van der Waals surface area contributed by atoms with E-state index in [0.29, 0.717) is 18.1 Å². The van der Waals surface area contributed by atoms with E-state index < -0.39 is 0 Å². The Kier molecular flexibility index (Phi) is 6.84. The van der Waals surface area contributed by atoms with Crippen LogP contribution in [-0.2, 0) is 9.59 Å². The molecule has 0 spiro atoms. The van der Waals surface area contributed by atoms with E-state index in [1.54, 1.807) is 13.0 Å². The molecular formula is C19H31N5O3. The largest absolute Gasteiger partial charge is 0.360 e. The van der Waals surface area contributed by atoms with Gasteiger partial charge >= 0.3 is 0 Å². The molecule has 1 aromatic rings. The highest BCUT2D eigenvalue weighted by atomic mass is 16.5. The number of aromatic nitrogens is 1. The van der Waals surface area contributed by atoms with Gasteiger partial charge in [0.1, 0.15) is 5.76 Å². The second-order valence-electron chi connectivity index (χ2n) is 7.60. The van der Waals surface area contributed by atoms with Crippen LogP contribution in [0.2, 0.25) is 0 Å². The average Bonchev–Trinajstić information content (AvgIpc) is 2.90. The number of likely N-dealkylation sites (tertiary alicyclic amines) is 1. The van der Waals surface area contributed by atoms with E-state index in [0.717, 1.165) is 52.1 Å². The van der Waals surface area contributed by atoms with Gasteiger partial charge in [0.25, 0.3) is 0 Å². The summed E-state index contributed by atoms with van der Waals surface area (Å²) in [5, 5.41) is 6.53. The highest BCUT2D eigenvalue weighted by molar-refractivity contribution is 5.91. The number of piperazine rings is 1. The monoisotopic (exact) mass is 377 g/mol. The molecule has 3 heterocycles. The normalized spacial score (nSPS) is 20.9. The molecule has 3 rings (SSSR count). The topological polar surface area (TPSA) is 81.9 Å². The van der Waals surface area contributed by atoms with Gasteiger partial charge in [0.2, 0.25) is 11.8 Å². The third kappa shape index (κ3) is 5.52. The number of nitrogens with zero attached hydrogens (tertiary/aromatic N) is 4. The smallest absolute Gasteiger partial charge is 0.239 e. The molecule has 8 nitrogen and oxygen atoms in total. The molecule has 0 bridgehead atoms. The minimum Gasteiger partial charge on any atom is -0.360 e. The van der Waals surface area contributed by atoms with Gasteiger partial charge in [0, 0.05) is 45.3 Å².